The van der Waals surface area contributed by atoms with Gasteiger partial charge in [-0.1, -0.05) is 6.42 Å². The fourth-order valence-corrected chi connectivity index (χ4v) is 5.27. The molecule has 2 atom stereocenters. The highest BCUT2D eigenvalue weighted by atomic mass is 32.1. The number of aliphatic carboxylic acids is 1. The van der Waals surface area contributed by atoms with Gasteiger partial charge in [0.05, 0.1) is 4.88 Å². The number of aromatic nitrogens is 1. The van der Waals surface area contributed by atoms with E-state index in [1.165, 1.54) is 10.6 Å². The number of thiazole rings is 1. The van der Waals surface area contributed by atoms with Gasteiger partial charge < -0.3 is 34.6 Å². The molecule has 1 saturated carbocycles. The van der Waals surface area contributed by atoms with Crippen molar-refractivity contribution in [3.8, 4) is 5.88 Å². The quantitative estimate of drug-likeness (QED) is 0.398. The van der Waals surface area contributed by atoms with Crippen molar-refractivity contribution in [3.63, 3.8) is 0 Å². The first-order chi connectivity index (χ1) is 13.7. The molecule has 2 saturated heterocycles. The lowest BCUT2D eigenvalue weighted by Crippen LogP contribution is -2.44. The van der Waals surface area contributed by atoms with E-state index in [0.717, 1.165) is 30.6 Å². The highest BCUT2D eigenvalue weighted by Crippen LogP contribution is 2.49. The summed E-state index contributed by atoms with van der Waals surface area (Å²) in [4.78, 5) is 11.0. The van der Waals surface area contributed by atoms with Crippen LogP contribution in [0.2, 0.25) is 0 Å². The molecule has 0 bridgehead atoms. The maximum Gasteiger partial charge on any atom is 0.303 e. The minimum Gasteiger partial charge on any atom is -0.493 e. The normalized spacial score (nSPS) is 28.6. The van der Waals surface area contributed by atoms with Crippen molar-refractivity contribution >= 4 is 35.6 Å². The van der Waals surface area contributed by atoms with Crippen molar-refractivity contribution in [2.24, 2.45) is 0 Å². The third kappa shape index (κ3) is 3.82. The van der Waals surface area contributed by atoms with Crippen LogP contribution in [0.5, 0.6) is 5.88 Å². The molecule has 11 heteroatoms. The molecular formula is C18H23NO8S2. The van der Waals surface area contributed by atoms with Crippen molar-refractivity contribution in [2.75, 3.05) is 0 Å². The van der Waals surface area contributed by atoms with Gasteiger partial charge in [-0.15, -0.1) is 11.3 Å². The number of rotatable bonds is 5. The molecule has 3 aliphatic rings. The predicted molar refractivity (Wildman–Crippen MR) is 103 cm³/mol. The smallest absolute Gasteiger partial charge is 0.303 e. The summed E-state index contributed by atoms with van der Waals surface area (Å²) in [6, 6.07) is 0. The molecule has 1 aromatic rings. The van der Waals surface area contributed by atoms with Crippen LogP contribution in [-0.4, -0.2) is 54.9 Å². The van der Waals surface area contributed by atoms with Crippen molar-refractivity contribution in [3.05, 3.63) is 14.6 Å². The fraction of sp³-hybridized carbons (Fsp3) is 0.667. The number of hydrogen-bond donors (Lipinski definition) is 4. The van der Waals surface area contributed by atoms with E-state index in [9.17, 15) is 20.1 Å². The Hall–Kier alpha value is -1.50. The van der Waals surface area contributed by atoms with Crippen LogP contribution in [0, 0.1) is 3.95 Å². The Bertz CT molecular complexity index is 883. The second-order valence-electron chi connectivity index (χ2n) is 7.55. The Balaban J connectivity index is 1.53. The van der Waals surface area contributed by atoms with E-state index in [0.29, 0.717) is 23.2 Å². The van der Waals surface area contributed by atoms with Gasteiger partial charge >= 0.3 is 5.97 Å². The van der Waals surface area contributed by atoms with E-state index in [2.05, 4.69) is 0 Å². The zero-order valence-electron chi connectivity index (χ0n) is 15.6. The molecule has 1 spiro atoms. The molecule has 1 aromatic heterocycles. The van der Waals surface area contributed by atoms with Gasteiger partial charge in [0.1, 0.15) is 0 Å². The number of aromatic hydroxyl groups is 1. The van der Waals surface area contributed by atoms with Gasteiger partial charge in [-0.25, -0.2) is 0 Å². The molecule has 29 heavy (non-hydrogen) atoms. The third-order valence-corrected chi connectivity index (χ3v) is 6.85. The predicted octanol–water partition coefficient (Wildman–Crippen LogP) is 2.30. The van der Waals surface area contributed by atoms with E-state index in [-0.39, 0.29) is 29.5 Å². The molecular weight excluding hydrogens is 422 g/mol. The summed E-state index contributed by atoms with van der Waals surface area (Å²) < 4.78 is 19.2. The molecule has 2 aliphatic heterocycles. The second-order valence-corrected chi connectivity index (χ2v) is 9.23. The van der Waals surface area contributed by atoms with Gasteiger partial charge in [-0.05, 0) is 31.5 Å². The molecule has 9 nitrogen and oxygen atoms in total. The van der Waals surface area contributed by atoms with E-state index >= 15 is 0 Å². The lowest BCUT2D eigenvalue weighted by molar-refractivity contribution is -0.259. The number of carbonyl (C=O) groups is 1. The SMILES string of the molecule is O=C(O)CCCn1c(O)c(C=C2OC3OC4(CCCCC4)OC3C2(O)O)sc1=S. The van der Waals surface area contributed by atoms with Crippen LogP contribution in [0.1, 0.15) is 49.8 Å². The molecule has 3 fully saturated rings. The van der Waals surface area contributed by atoms with Crippen LogP contribution in [0.15, 0.2) is 5.76 Å². The molecule has 1 aliphatic carbocycles. The largest absolute Gasteiger partial charge is 0.493 e. The number of carboxylic acids is 1. The van der Waals surface area contributed by atoms with Crippen LogP contribution in [0.4, 0.5) is 0 Å². The monoisotopic (exact) mass is 445 g/mol. The first kappa shape index (κ1) is 20.8. The summed E-state index contributed by atoms with van der Waals surface area (Å²) in [6.45, 7) is 0.237. The average Bonchev–Trinajstić information content (AvgIpc) is 3.21. The zero-order valence-corrected chi connectivity index (χ0v) is 17.2. The summed E-state index contributed by atoms with van der Waals surface area (Å²) in [5.41, 5.74) is 0. The van der Waals surface area contributed by atoms with Gasteiger partial charge in [0, 0.05) is 31.9 Å². The summed E-state index contributed by atoms with van der Waals surface area (Å²) in [7, 11) is 0. The minimum atomic E-state index is -2.40. The van der Waals surface area contributed by atoms with Gasteiger partial charge in [-0.3, -0.25) is 9.36 Å². The van der Waals surface area contributed by atoms with Crippen LogP contribution in [-0.2, 0) is 25.5 Å². The lowest BCUT2D eigenvalue weighted by atomic mass is 9.94. The molecule has 0 aromatic carbocycles. The Labute approximate surface area is 175 Å². The topological polar surface area (TPSA) is 131 Å². The number of fused-ring (bicyclic) bond motifs is 1. The first-order valence-corrected chi connectivity index (χ1v) is 10.8. The Morgan fingerprint density at radius 3 is 2.66 bits per heavy atom. The lowest BCUT2D eigenvalue weighted by Gasteiger charge is -2.33. The van der Waals surface area contributed by atoms with Crippen LogP contribution in [0.25, 0.3) is 6.08 Å². The number of ether oxygens (including phenoxy) is 3. The van der Waals surface area contributed by atoms with Crippen LogP contribution in [0.3, 0.4) is 0 Å². The van der Waals surface area contributed by atoms with Gasteiger partial charge in [0.15, 0.2) is 21.6 Å². The third-order valence-electron chi connectivity index (χ3n) is 5.47. The molecule has 0 radical (unpaired) electrons. The minimum absolute atomic E-state index is 0.0488. The van der Waals surface area contributed by atoms with Crippen molar-refractivity contribution in [2.45, 2.75) is 75.5 Å². The van der Waals surface area contributed by atoms with Gasteiger partial charge in [0.2, 0.25) is 12.2 Å². The Morgan fingerprint density at radius 1 is 1.28 bits per heavy atom. The summed E-state index contributed by atoms with van der Waals surface area (Å²) in [6.07, 6.45) is 3.87. The molecule has 4 rings (SSSR count). The molecule has 4 N–H and O–H groups in total. The van der Waals surface area contributed by atoms with E-state index in [4.69, 9.17) is 31.5 Å². The maximum atomic E-state index is 10.7. The standard InChI is InChI=1S/C18H23NO8S2/c20-12(21)5-4-8-19-14(22)10(29-16(19)28)9-11-18(23,24)13-15(25-11)27-17(26-13)6-2-1-3-7-17/h9,13,15,22-24H,1-8H2,(H,20,21). The Kier molecular flexibility index (Phi) is 5.47. The van der Waals surface area contributed by atoms with Gasteiger partial charge in [-0.2, -0.15) is 0 Å². The van der Waals surface area contributed by atoms with Gasteiger partial charge in [0.25, 0.3) is 5.79 Å². The number of hydrogen-bond acceptors (Lipinski definition) is 9. The summed E-state index contributed by atoms with van der Waals surface area (Å²) in [5.74, 6) is -4.54. The zero-order chi connectivity index (χ0) is 20.8. The number of nitrogens with zero attached hydrogens (tertiary/aromatic N) is 1. The summed E-state index contributed by atoms with van der Waals surface area (Å²) in [5, 5.41) is 40.5. The average molecular weight is 446 g/mol. The van der Waals surface area contributed by atoms with Crippen molar-refractivity contribution in [1.29, 1.82) is 0 Å². The molecule has 0 amide bonds. The van der Waals surface area contributed by atoms with E-state index in [1.807, 2.05) is 0 Å². The van der Waals surface area contributed by atoms with E-state index in [1.54, 1.807) is 0 Å². The Morgan fingerprint density at radius 2 is 2.00 bits per heavy atom. The maximum absolute atomic E-state index is 10.7. The second kappa shape index (κ2) is 7.64. The van der Waals surface area contributed by atoms with Crippen LogP contribution < -0.4 is 0 Å². The number of carboxylic acid groups (broad SMARTS) is 1. The van der Waals surface area contributed by atoms with Crippen molar-refractivity contribution < 1.29 is 39.4 Å². The van der Waals surface area contributed by atoms with Crippen LogP contribution >= 0.6 is 23.6 Å². The van der Waals surface area contributed by atoms with E-state index < -0.39 is 29.9 Å². The highest BCUT2D eigenvalue weighted by Gasteiger charge is 2.63. The molecule has 2 unspecified atom stereocenters. The highest BCUT2D eigenvalue weighted by molar-refractivity contribution is 7.73. The number of aliphatic hydroxyl groups is 2. The molecule has 3 heterocycles. The fourth-order valence-electron chi connectivity index (χ4n) is 3.98. The van der Waals surface area contributed by atoms with Crippen molar-refractivity contribution in [1.82, 2.24) is 4.57 Å². The first-order valence-electron chi connectivity index (χ1n) is 9.55. The molecule has 160 valence electrons. The summed E-state index contributed by atoms with van der Waals surface area (Å²) >= 11 is 6.29.